The zero-order valence-electron chi connectivity index (χ0n) is 18.8. The summed E-state index contributed by atoms with van der Waals surface area (Å²) >= 11 is 0. The number of pyridine rings is 1. The number of rotatable bonds is 4. The Bertz CT molecular complexity index is 1150. The van der Waals surface area contributed by atoms with Gasteiger partial charge in [-0.05, 0) is 63.4 Å². The van der Waals surface area contributed by atoms with Crippen LogP contribution < -0.4 is 10.2 Å². The Labute approximate surface area is 188 Å². The van der Waals surface area contributed by atoms with Gasteiger partial charge in [-0.3, -0.25) is 14.7 Å². The average Bonchev–Trinajstić information content (AvgIpc) is 2.80. The molecule has 0 aliphatic carbocycles. The van der Waals surface area contributed by atoms with Gasteiger partial charge in [-0.2, -0.15) is 0 Å². The predicted molar refractivity (Wildman–Crippen MR) is 127 cm³/mol. The lowest BCUT2D eigenvalue weighted by Crippen LogP contribution is -2.40. The van der Waals surface area contributed by atoms with Gasteiger partial charge in [0.1, 0.15) is 11.6 Å². The first-order chi connectivity index (χ1) is 15.6. The fraction of sp³-hybridized carbons (Fsp3) is 0.440. The lowest BCUT2D eigenvalue weighted by atomic mass is 9.96. The molecule has 1 saturated heterocycles. The summed E-state index contributed by atoms with van der Waals surface area (Å²) in [4.78, 5) is 31.4. The highest BCUT2D eigenvalue weighted by Crippen LogP contribution is 2.31. The smallest absolute Gasteiger partial charge is 0.238 e. The molecule has 2 aromatic heterocycles. The van der Waals surface area contributed by atoms with Gasteiger partial charge in [0, 0.05) is 54.6 Å². The monoisotopic (exact) mass is 430 g/mol. The number of aryl methyl sites for hydroxylation is 1. The predicted octanol–water partition coefficient (Wildman–Crippen LogP) is 3.53. The number of nitrogens with one attached hydrogen (secondary N) is 1. The Morgan fingerprint density at radius 3 is 3.00 bits per heavy atom. The van der Waals surface area contributed by atoms with Crippen LogP contribution in [0.1, 0.15) is 42.3 Å². The number of hydrogen-bond acceptors (Lipinski definition) is 6. The van der Waals surface area contributed by atoms with Crippen LogP contribution in [0.3, 0.4) is 0 Å². The van der Waals surface area contributed by atoms with Gasteiger partial charge in [-0.1, -0.05) is 6.07 Å². The highest BCUT2D eigenvalue weighted by atomic mass is 16.2. The van der Waals surface area contributed by atoms with Crippen LogP contribution in [0.25, 0.3) is 10.9 Å². The molecule has 4 heterocycles. The van der Waals surface area contributed by atoms with Gasteiger partial charge in [0.15, 0.2) is 0 Å². The Morgan fingerprint density at radius 2 is 2.09 bits per heavy atom. The summed E-state index contributed by atoms with van der Waals surface area (Å²) in [6, 6.07) is 9.73. The molecule has 166 valence electrons. The highest BCUT2D eigenvalue weighted by Gasteiger charge is 2.27. The van der Waals surface area contributed by atoms with Crippen molar-refractivity contribution < 1.29 is 4.79 Å². The molecule has 32 heavy (non-hydrogen) atoms. The Kier molecular flexibility index (Phi) is 5.74. The number of benzene rings is 1. The molecule has 0 bridgehead atoms. The fourth-order valence-corrected chi connectivity index (χ4v) is 4.96. The van der Waals surface area contributed by atoms with Crippen molar-refractivity contribution >= 4 is 28.3 Å². The molecule has 1 fully saturated rings. The van der Waals surface area contributed by atoms with E-state index >= 15 is 0 Å². The second kappa shape index (κ2) is 8.82. The maximum absolute atomic E-state index is 12.7. The molecule has 1 atom stereocenters. The van der Waals surface area contributed by atoms with Crippen molar-refractivity contribution in [2.75, 3.05) is 43.4 Å². The normalized spacial score (nSPS) is 19.1. The third-order valence-corrected chi connectivity index (χ3v) is 6.62. The number of fused-ring (bicyclic) bond motifs is 2. The molecule has 7 nitrogen and oxygen atoms in total. The molecule has 1 N–H and O–H groups in total. The van der Waals surface area contributed by atoms with Crippen LogP contribution in [0.2, 0.25) is 0 Å². The Hall–Kier alpha value is -3.06. The molecule has 1 amide bonds. The van der Waals surface area contributed by atoms with Crippen molar-refractivity contribution in [2.45, 2.75) is 38.5 Å². The summed E-state index contributed by atoms with van der Waals surface area (Å²) in [6.07, 6.45) is 6.12. The van der Waals surface area contributed by atoms with E-state index in [0.29, 0.717) is 6.54 Å². The van der Waals surface area contributed by atoms with Crippen molar-refractivity contribution in [2.24, 2.45) is 0 Å². The van der Waals surface area contributed by atoms with E-state index < -0.39 is 0 Å². The summed E-state index contributed by atoms with van der Waals surface area (Å²) in [6.45, 7) is 5.28. The molecule has 0 saturated carbocycles. The third-order valence-electron chi connectivity index (χ3n) is 6.62. The van der Waals surface area contributed by atoms with Crippen LogP contribution >= 0.6 is 0 Å². The molecule has 2 aliphatic heterocycles. The van der Waals surface area contributed by atoms with E-state index in [9.17, 15) is 4.79 Å². The second-order valence-corrected chi connectivity index (χ2v) is 9.03. The maximum atomic E-state index is 12.7. The summed E-state index contributed by atoms with van der Waals surface area (Å²) in [5, 5.41) is 4.07. The number of piperidine rings is 1. The van der Waals surface area contributed by atoms with Gasteiger partial charge in [-0.15, -0.1) is 0 Å². The van der Waals surface area contributed by atoms with E-state index in [4.69, 9.17) is 9.97 Å². The minimum absolute atomic E-state index is 0.0103. The first-order valence-electron chi connectivity index (χ1n) is 11.5. The topological polar surface area (TPSA) is 74.2 Å². The third kappa shape index (κ3) is 4.30. The van der Waals surface area contributed by atoms with Crippen LogP contribution in [-0.2, 0) is 11.2 Å². The minimum Gasteiger partial charge on any atom is -0.359 e. The number of likely N-dealkylation sites (tertiary alicyclic amines) is 1. The van der Waals surface area contributed by atoms with E-state index in [1.807, 2.05) is 30.3 Å². The number of carbonyl (C=O) groups excluding carboxylic acids is 1. The quantitative estimate of drug-likeness (QED) is 0.683. The second-order valence-electron chi connectivity index (χ2n) is 9.03. The SMILES string of the molecule is Cc1nc(C2CCCN(CC(=O)Nc3ccc4ncccc4c3)C2)nc2c1CCCN2C. The van der Waals surface area contributed by atoms with Gasteiger partial charge in [0.2, 0.25) is 5.91 Å². The number of nitrogens with zero attached hydrogens (tertiary/aromatic N) is 5. The van der Waals surface area contributed by atoms with Crippen LogP contribution in [-0.4, -0.2) is 59.0 Å². The van der Waals surface area contributed by atoms with Gasteiger partial charge >= 0.3 is 0 Å². The van der Waals surface area contributed by atoms with Crippen molar-refractivity contribution in [1.29, 1.82) is 0 Å². The van der Waals surface area contributed by atoms with Crippen molar-refractivity contribution in [3.63, 3.8) is 0 Å². The molecule has 0 radical (unpaired) electrons. The summed E-state index contributed by atoms with van der Waals surface area (Å²) < 4.78 is 0. The molecule has 0 spiro atoms. The first kappa shape index (κ1) is 20.8. The van der Waals surface area contributed by atoms with E-state index in [-0.39, 0.29) is 11.8 Å². The summed E-state index contributed by atoms with van der Waals surface area (Å²) in [7, 11) is 2.12. The van der Waals surface area contributed by atoms with Crippen LogP contribution in [0.15, 0.2) is 36.5 Å². The number of carbonyl (C=O) groups is 1. The molecule has 5 rings (SSSR count). The Balaban J connectivity index is 1.25. The average molecular weight is 431 g/mol. The van der Waals surface area contributed by atoms with E-state index in [1.165, 1.54) is 5.56 Å². The minimum atomic E-state index is 0.0103. The number of amides is 1. The first-order valence-corrected chi connectivity index (χ1v) is 11.5. The number of anilines is 2. The van der Waals surface area contributed by atoms with Gasteiger partial charge < -0.3 is 10.2 Å². The van der Waals surface area contributed by atoms with Crippen molar-refractivity contribution in [1.82, 2.24) is 19.9 Å². The molecule has 3 aromatic rings. The fourth-order valence-electron chi connectivity index (χ4n) is 4.96. The largest absolute Gasteiger partial charge is 0.359 e. The molecule has 7 heteroatoms. The van der Waals surface area contributed by atoms with Gasteiger partial charge in [-0.25, -0.2) is 9.97 Å². The van der Waals surface area contributed by atoms with Gasteiger partial charge in [0.05, 0.1) is 12.1 Å². The summed E-state index contributed by atoms with van der Waals surface area (Å²) in [5.74, 6) is 2.31. The van der Waals surface area contributed by atoms with Crippen LogP contribution in [0.5, 0.6) is 0 Å². The molecular weight excluding hydrogens is 400 g/mol. The zero-order valence-corrected chi connectivity index (χ0v) is 18.8. The molecule has 2 aliphatic rings. The van der Waals surface area contributed by atoms with E-state index in [2.05, 4.69) is 34.1 Å². The molecule has 1 aromatic carbocycles. The van der Waals surface area contributed by atoms with Crippen molar-refractivity contribution in [3.05, 3.63) is 53.6 Å². The van der Waals surface area contributed by atoms with Crippen LogP contribution in [0.4, 0.5) is 11.5 Å². The van der Waals surface area contributed by atoms with Crippen LogP contribution in [0, 0.1) is 6.92 Å². The van der Waals surface area contributed by atoms with E-state index in [0.717, 1.165) is 79.2 Å². The molecule has 1 unspecified atom stereocenters. The highest BCUT2D eigenvalue weighted by molar-refractivity contribution is 5.94. The summed E-state index contributed by atoms with van der Waals surface area (Å²) in [5.41, 5.74) is 4.13. The van der Waals surface area contributed by atoms with Crippen molar-refractivity contribution in [3.8, 4) is 0 Å². The maximum Gasteiger partial charge on any atom is 0.238 e. The molecular formula is C25H30N6O. The van der Waals surface area contributed by atoms with E-state index in [1.54, 1.807) is 6.20 Å². The Morgan fingerprint density at radius 1 is 1.19 bits per heavy atom. The standard InChI is InChI=1S/C25H30N6O/c1-17-21-8-5-12-30(2)25(21)29-24(27-17)19-7-4-13-31(15-19)16-23(32)28-20-9-10-22-18(14-20)6-3-11-26-22/h3,6,9-11,14,19H,4-5,7-8,12-13,15-16H2,1-2H3,(H,28,32). The van der Waals surface area contributed by atoms with Gasteiger partial charge in [0.25, 0.3) is 0 Å². The lowest BCUT2D eigenvalue weighted by Gasteiger charge is -2.33. The lowest BCUT2D eigenvalue weighted by molar-refractivity contribution is -0.117. The number of aromatic nitrogens is 3. The zero-order chi connectivity index (χ0) is 22.1. The number of hydrogen-bond donors (Lipinski definition) is 1.